The van der Waals surface area contributed by atoms with E-state index in [0.717, 1.165) is 6.42 Å². The number of rotatable bonds is 11. The van der Waals surface area contributed by atoms with Crippen LogP contribution in [-0.2, 0) is 40.0 Å². The number of aliphatic hydroxyl groups is 2. The van der Waals surface area contributed by atoms with E-state index in [0.29, 0.717) is 29.7 Å². The summed E-state index contributed by atoms with van der Waals surface area (Å²) < 4.78 is 0. The monoisotopic (exact) mass is 789 g/mol. The third kappa shape index (κ3) is 13.3. The van der Waals surface area contributed by atoms with E-state index in [4.69, 9.17) is 5.73 Å². The first-order valence-electron chi connectivity index (χ1n) is 18.3. The summed E-state index contributed by atoms with van der Waals surface area (Å²) in [4.78, 5) is 94.5. The third-order valence-electron chi connectivity index (χ3n) is 9.65. The molecule has 1 heterocycles. The normalized spacial score (nSPS) is 28.3. The Morgan fingerprint density at radius 3 is 2.11 bits per heavy atom. The van der Waals surface area contributed by atoms with Crippen molar-refractivity contribution in [3.8, 4) is 5.75 Å². The van der Waals surface area contributed by atoms with Crippen LogP contribution < -0.4 is 37.6 Å². The van der Waals surface area contributed by atoms with E-state index in [1.807, 2.05) is 19.1 Å². The third-order valence-corrected chi connectivity index (χ3v) is 10.7. The van der Waals surface area contributed by atoms with Gasteiger partial charge in [0.05, 0.1) is 19.3 Å². The second-order valence-corrected chi connectivity index (χ2v) is 15.9. The predicted molar refractivity (Wildman–Crippen MR) is 204 cm³/mol. The first-order valence-corrected chi connectivity index (χ1v) is 19.3. The van der Waals surface area contributed by atoms with Crippen molar-refractivity contribution in [3.63, 3.8) is 0 Å². The number of hydrogen-bond donors (Lipinski definition) is 10. The van der Waals surface area contributed by atoms with Gasteiger partial charge < -0.3 is 53.0 Å². The number of allylic oxidation sites excluding steroid dienone is 2. The van der Waals surface area contributed by atoms with E-state index in [2.05, 4.69) is 38.8 Å². The van der Waals surface area contributed by atoms with Gasteiger partial charge in [-0.15, -0.1) is 0 Å². The Morgan fingerprint density at radius 2 is 1.53 bits per heavy atom. The number of phenols is 1. The predicted octanol–water partition coefficient (Wildman–Crippen LogP) is -1.51. The van der Waals surface area contributed by atoms with Crippen LogP contribution in [0.1, 0.15) is 59.4 Å². The highest BCUT2D eigenvalue weighted by Gasteiger charge is 2.37. The molecular formula is C37H55N7O10S. The van der Waals surface area contributed by atoms with Crippen molar-refractivity contribution in [2.75, 3.05) is 19.0 Å². The van der Waals surface area contributed by atoms with Crippen LogP contribution in [-0.4, -0.2) is 117 Å². The topological polar surface area (TPSA) is 278 Å². The van der Waals surface area contributed by atoms with Crippen molar-refractivity contribution in [3.05, 3.63) is 42.0 Å². The Hall–Kier alpha value is -4.52. The molecular weight excluding hydrogens is 735 g/mol. The zero-order valence-electron chi connectivity index (χ0n) is 31.8. The molecule has 0 radical (unpaired) electrons. The molecule has 9 unspecified atom stereocenters. The van der Waals surface area contributed by atoms with Crippen molar-refractivity contribution >= 4 is 52.3 Å². The van der Waals surface area contributed by atoms with Gasteiger partial charge in [0.15, 0.2) is 0 Å². The number of carbonyl (C=O) groups excluding carboxylic acids is 7. The van der Waals surface area contributed by atoms with Crippen molar-refractivity contribution in [1.29, 1.82) is 0 Å². The summed E-state index contributed by atoms with van der Waals surface area (Å²) in [7, 11) is 0. The quantitative estimate of drug-likeness (QED) is 0.115. The maximum absolute atomic E-state index is 14.1. The number of hydrogen-bond acceptors (Lipinski definition) is 12. The molecule has 3 rings (SSSR count). The lowest BCUT2D eigenvalue weighted by molar-refractivity contribution is -0.135. The molecule has 1 aliphatic heterocycles. The minimum Gasteiger partial charge on any atom is -0.508 e. The molecule has 55 heavy (non-hydrogen) atoms. The van der Waals surface area contributed by atoms with Gasteiger partial charge in [-0.2, -0.15) is 0 Å². The molecule has 1 fully saturated rings. The van der Waals surface area contributed by atoms with Gasteiger partial charge in [-0.25, -0.2) is 0 Å². The largest absolute Gasteiger partial charge is 0.508 e. The molecule has 0 spiro atoms. The minimum atomic E-state index is -1.55. The second-order valence-electron chi connectivity index (χ2n) is 14.9. The Morgan fingerprint density at radius 1 is 0.909 bits per heavy atom. The second kappa shape index (κ2) is 20.4. The van der Waals surface area contributed by atoms with Gasteiger partial charge in [0.1, 0.15) is 42.0 Å². The molecule has 17 nitrogen and oxygen atoms in total. The molecule has 0 aromatic heterocycles. The van der Waals surface area contributed by atoms with Gasteiger partial charge in [-0.3, -0.25) is 33.6 Å². The molecule has 1 saturated heterocycles. The summed E-state index contributed by atoms with van der Waals surface area (Å²) >= 11 is 0.678. The van der Waals surface area contributed by atoms with Gasteiger partial charge in [0, 0.05) is 12.2 Å². The van der Waals surface area contributed by atoms with E-state index in [1.165, 1.54) is 19.1 Å². The van der Waals surface area contributed by atoms with Crippen LogP contribution in [0.15, 0.2) is 36.4 Å². The number of aromatic hydroxyl groups is 1. The number of thioether (sulfide) groups is 1. The molecule has 6 amide bonds. The van der Waals surface area contributed by atoms with Crippen LogP contribution in [0.4, 0.5) is 0 Å². The minimum absolute atomic E-state index is 0.0184. The van der Waals surface area contributed by atoms with E-state index >= 15 is 0 Å². The maximum atomic E-state index is 14.1. The average Bonchev–Trinajstić information content (AvgIpc) is 3.14. The summed E-state index contributed by atoms with van der Waals surface area (Å²) in [5.74, 6) is -5.57. The molecule has 1 aliphatic carbocycles. The fraction of sp³-hybridized carbons (Fsp3) is 0.595. The SMILES string of the molecule is CC1C=CC(C)(CC2NC(=O)C(Cc3ccc(O)cc3)NC(=O)C(CO)NC(=O)C(C)NC(=O)C(NC(=O)C(NC(=O)C(N)CO)C(C)C)CSC2=O)CC1. The molecule has 2 aliphatic rings. The Bertz CT molecular complexity index is 1590. The first-order chi connectivity index (χ1) is 25.9. The molecule has 1 aromatic rings. The summed E-state index contributed by atoms with van der Waals surface area (Å²) in [5, 5.41) is 43.9. The van der Waals surface area contributed by atoms with Gasteiger partial charge in [-0.1, -0.05) is 63.7 Å². The van der Waals surface area contributed by atoms with Crippen LogP contribution in [0.3, 0.4) is 0 Å². The van der Waals surface area contributed by atoms with Crippen molar-refractivity contribution < 1.29 is 48.9 Å². The standard InChI is InChI=1S/C37H55N7O10S/c1-19(2)29(44-31(49)24(38)16-45)35(53)43-28-18-55-36(54)26(15-37(5)12-10-20(3)11-13-37)41-32(50)25(14-22-6-8-23(47)9-7-22)40-33(51)27(17-46)42-30(48)21(4)39-34(28)52/h6-10,12,19-21,24-29,45-47H,11,13-18,38H2,1-5H3,(H,39,52)(H,40,51)(H,41,50)(H,42,48)(H,43,53)(H,44,49). The number of benzene rings is 1. The highest BCUT2D eigenvalue weighted by atomic mass is 32.2. The lowest BCUT2D eigenvalue weighted by Gasteiger charge is -2.35. The van der Waals surface area contributed by atoms with Crippen LogP contribution in [0.5, 0.6) is 5.75 Å². The average molecular weight is 790 g/mol. The summed E-state index contributed by atoms with van der Waals surface area (Å²) in [5.41, 5.74) is 5.66. The van der Waals surface area contributed by atoms with Gasteiger partial charge in [0.2, 0.25) is 40.6 Å². The molecule has 11 N–H and O–H groups in total. The zero-order valence-corrected chi connectivity index (χ0v) is 32.6. The first kappa shape index (κ1) is 44.9. The number of nitrogens with two attached hydrogens (primary N) is 1. The molecule has 18 heteroatoms. The van der Waals surface area contributed by atoms with Crippen LogP contribution in [0.2, 0.25) is 0 Å². The van der Waals surface area contributed by atoms with Gasteiger partial charge in [0.25, 0.3) is 0 Å². The summed E-state index contributed by atoms with van der Waals surface area (Å²) in [6.07, 6.45) is 5.69. The van der Waals surface area contributed by atoms with Crippen LogP contribution in [0, 0.1) is 17.3 Å². The molecule has 9 atom stereocenters. The van der Waals surface area contributed by atoms with Gasteiger partial charge >= 0.3 is 0 Å². The fourth-order valence-electron chi connectivity index (χ4n) is 6.04. The summed E-state index contributed by atoms with van der Waals surface area (Å²) in [6, 6.07) is -3.32. The van der Waals surface area contributed by atoms with Crippen LogP contribution >= 0.6 is 11.8 Å². The number of carbonyl (C=O) groups is 7. The lowest BCUT2D eigenvalue weighted by atomic mass is 9.74. The number of nitrogens with one attached hydrogen (secondary N) is 6. The summed E-state index contributed by atoms with van der Waals surface area (Å²) in [6.45, 7) is 7.07. The van der Waals surface area contributed by atoms with Crippen LogP contribution in [0.25, 0.3) is 0 Å². The number of aliphatic hydroxyl groups excluding tert-OH is 2. The Balaban J connectivity index is 2.03. The maximum Gasteiger partial charge on any atom is 0.245 e. The smallest absolute Gasteiger partial charge is 0.245 e. The number of amides is 6. The molecule has 0 saturated carbocycles. The number of phenolic OH excluding ortho intramolecular Hbond substituents is 1. The van der Waals surface area contributed by atoms with E-state index in [1.54, 1.807) is 26.0 Å². The van der Waals surface area contributed by atoms with Gasteiger partial charge in [-0.05, 0) is 61.1 Å². The van der Waals surface area contributed by atoms with E-state index < -0.39 is 107 Å². The zero-order chi connectivity index (χ0) is 41.0. The van der Waals surface area contributed by atoms with Crippen molar-refractivity contribution in [2.45, 2.75) is 103 Å². The Kier molecular flexibility index (Phi) is 16.7. The highest BCUT2D eigenvalue weighted by molar-refractivity contribution is 8.13. The van der Waals surface area contributed by atoms with E-state index in [9.17, 15) is 48.9 Å². The van der Waals surface area contributed by atoms with Crippen molar-refractivity contribution in [1.82, 2.24) is 31.9 Å². The highest BCUT2D eigenvalue weighted by Crippen LogP contribution is 2.37. The molecule has 304 valence electrons. The molecule has 1 aromatic carbocycles. The van der Waals surface area contributed by atoms with E-state index in [-0.39, 0.29) is 24.3 Å². The van der Waals surface area contributed by atoms with Crippen molar-refractivity contribution in [2.24, 2.45) is 23.0 Å². The fourth-order valence-corrected chi connectivity index (χ4v) is 6.95. The molecule has 0 bridgehead atoms. The Labute approximate surface area is 324 Å². The lowest BCUT2D eigenvalue weighted by Crippen LogP contribution is -2.61.